The Morgan fingerprint density at radius 2 is 2.33 bits per heavy atom. The second-order valence-corrected chi connectivity index (χ2v) is 5.28. The highest BCUT2D eigenvalue weighted by atomic mass is 16.5. The van der Waals surface area contributed by atoms with Gasteiger partial charge >= 0.3 is 0 Å². The summed E-state index contributed by atoms with van der Waals surface area (Å²) < 4.78 is 5.38. The molecular formula is C12H15N5O. The maximum absolute atomic E-state index is 5.38. The number of rotatable bonds is 2. The molecular weight excluding hydrogens is 230 g/mol. The van der Waals surface area contributed by atoms with Gasteiger partial charge in [-0.05, 0) is 12.3 Å². The smallest absolute Gasteiger partial charge is 0.244 e. The lowest BCUT2D eigenvalue weighted by Crippen LogP contribution is -2.28. The van der Waals surface area contributed by atoms with Gasteiger partial charge in [0.15, 0.2) is 5.82 Å². The quantitative estimate of drug-likeness (QED) is 0.833. The lowest BCUT2D eigenvalue weighted by Gasteiger charge is -2.19. The molecule has 0 spiro atoms. The van der Waals surface area contributed by atoms with Gasteiger partial charge in [0.2, 0.25) is 5.89 Å². The Morgan fingerprint density at radius 3 is 3.17 bits per heavy atom. The lowest BCUT2D eigenvalue weighted by atomic mass is 10.1. The van der Waals surface area contributed by atoms with Gasteiger partial charge in [-0.3, -0.25) is 5.32 Å². The summed E-state index contributed by atoms with van der Waals surface area (Å²) >= 11 is 0. The van der Waals surface area contributed by atoms with Crippen molar-refractivity contribution in [3.05, 3.63) is 29.4 Å². The van der Waals surface area contributed by atoms with E-state index >= 15 is 0 Å². The minimum absolute atomic E-state index is 0.0936. The highest BCUT2D eigenvalue weighted by Crippen LogP contribution is 2.45. The molecule has 0 aromatic carbocycles. The normalized spacial score (nSPS) is 30.2. The molecule has 6 nitrogen and oxygen atoms in total. The van der Waals surface area contributed by atoms with Crippen LogP contribution in [0.2, 0.25) is 0 Å². The first-order valence-electron chi connectivity index (χ1n) is 6.39. The topological polar surface area (TPSA) is 79.6 Å². The monoisotopic (exact) mass is 245 g/mol. The van der Waals surface area contributed by atoms with Crippen LogP contribution >= 0.6 is 0 Å². The summed E-state index contributed by atoms with van der Waals surface area (Å²) in [5.74, 6) is 2.77. The van der Waals surface area contributed by atoms with Crippen LogP contribution in [0.1, 0.15) is 48.4 Å². The van der Waals surface area contributed by atoms with E-state index in [1.54, 1.807) is 6.33 Å². The van der Waals surface area contributed by atoms with E-state index in [0.717, 1.165) is 30.2 Å². The third-order valence-corrected chi connectivity index (χ3v) is 3.93. The molecule has 2 aromatic rings. The third-order valence-electron chi connectivity index (χ3n) is 3.93. The molecule has 0 amide bonds. The van der Waals surface area contributed by atoms with E-state index < -0.39 is 0 Å². The Morgan fingerprint density at radius 1 is 1.44 bits per heavy atom. The average molecular weight is 245 g/mol. The summed E-state index contributed by atoms with van der Waals surface area (Å²) in [5.41, 5.74) is 2.25. The molecule has 1 aliphatic heterocycles. The van der Waals surface area contributed by atoms with E-state index in [9.17, 15) is 0 Å². The molecule has 1 fully saturated rings. The molecule has 94 valence electrons. The van der Waals surface area contributed by atoms with E-state index in [-0.39, 0.29) is 6.04 Å². The van der Waals surface area contributed by atoms with Crippen LogP contribution in [-0.4, -0.2) is 20.1 Å². The molecule has 3 unspecified atom stereocenters. The van der Waals surface area contributed by atoms with E-state index in [1.165, 1.54) is 6.42 Å². The molecule has 1 aliphatic carbocycles. The van der Waals surface area contributed by atoms with Crippen LogP contribution in [0.3, 0.4) is 0 Å². The minimum atomic E-state index is 0.0936. The van der Waals surface area contributed by atoms with E-state index in [4.69, 9.17) is 4.52 Å². The molecule has 3 heterocycles. The predicted octanol–water partition coefficient (Wildman–Crippen LogP) is 1.30. The SMILES string of the molecule is CC1CC1c1noc(C2Cc3nc[nH]c3CN2)n1. The Hall–Kier alpha value is -1.69. The Bertz CT molecular complexity index is 575. The van der Waals surface area contributed by atoms with Gasteiger partial charge in [0.1, 0.15) is 0 Å². The van der Waals surface area contributed by atoms with E-state index in [0.29, 0.717) is 17.7 Å². The number of imidazole rings is 1. The number of nitrogens with zero attached hydrogens (tertiary/aromatic N) is 3. The Labute approximate surface area is 104 Å². The Balaban J connectivity index is 1.56. The van der Waals surface area contributed by atoms with Gasteiger partial charge in [0, 0.05) is 18.9 Å². The maximum atomic E-state index is 5.38. The van der Waals surface area contributed by atoms with Gasteiger partial charge in [0.25, 0.3) is 0 Å². The van der Waals surface area contributed by atoms with Crippen molar-refractivity contribution in [2.45, 2.75) is 38.3 Å². The van der Waals surface area contributed by atoms with Crippen LogP contribution in [0.4, 0.5) is 0 Å². The van der Waals surface area contributed by atoms with Crippen LogP contribution in [0.5, 0.6) is 0 Å². The molecule has 18 heavy (non-hydrogen) atoms. The highest BCUT2D eigenvalue weighted by Gasteiger charge is 2.38. The standard InChI is InChI=1S/C12H15N5O/c1-6-2-7(6)11-16-12(18-17-11)9-3-8-10(4-13-9)15-5-14-8/h5-7,9,13H,2-4H2,1H3,(H,14,15). The molecule has 4 rings (SSSR count). The van der Waals surface area contributed by atoms with Crippen molar-refractivity contribution in [1.29, 1.82) is 0 Å². The van der Waals surface area contributed by atoms with Crippen LogP contribution < -0.4 is 5.32 Å². The van der Waals surface area contributed by atoms with Crippen molar-refractivity contribution in [2.24, 2.45) is 5.92 Å². The largest absolute Gasteiger partial charge is 0.347 e. The van der Waals surface area contributed by atoms with Crippen molar-refractivity contribution in [3.8, 4) is 0 Å². The number of hydrogen-bond acceptors (Lipinski definition) is 5. The van der Waals surface area contributed by atoms with Crippen LogP contribution in [0, 0.1) is 5.92 Å². The van der Waals surface area contributed by atoms with Crippen molar-refractivity contribution in [1.82, 2.24) is 25.4 Å². The first-order valence-corrected chi connectivity index (χ1v) is 6.39. The average Bonchev–Trinajstić information content (AvgIpc) is 2.88. The lowest BCUT2D eigenvalue weighted by molar-refractivity contribution is 0.317. The number of aromatic amines is 1. The number of nitrogens with one attached hydrogen (secondary N) is 2. The molecule has 0 bridgehead atoms. The van der Waals surface area contributed by atoms with Gasteiger partial charge in [0.05, 0.1) is 23.8 Å². The second kappa shape index (κ2) is 3.65. The summed E-state index contributed by atoms with van der Waals surface area (Å²) in [4.78, 5) is 12.0. The van der Waals surface area contributed by atoms with Crippen LogP contribution in [0.25, 0.3) is 0 Å². The number of hydrogen-bond donors (Lipinski definition) is 2. The molecule has 0 radical (unpaired) electrons. The number of H-pyrrole nitrogens is 1. The van der Waals surface area contributed by atoms with E-state index in [1.807, 2.05) is 0 Å². The van der Waals surface area contributed by atoms with Gasteiger partial charge in [-0.1, -0.05) is 12.1 Å². The van der Waals surface area contributed by atoms with Crippen LogP contribution in [-0.2, 0) is 13.0 Å². The number of aromatic nitrogens is 4. The van der Waals surface area contributed by atoms with Crippen molar-refractivity contribution >= 4 is 0 Å². The van der Waals surface area contributed by atoms with Gasteiger partial charge < -0.3 is 9.51 Å². The molecule has 2 N–H and O–H groups in total. The summed E-state index contributed by atoms with van der Waals surface area (Å²) in [6.07, 6.45) is 3.72. The summed E-state index contributed by atoms with van der Waals surface area (Å²) in [7, 11) is 0. The van der Waals surface area contributed by atoms with Crippen molar-refractivity contribution < 1.29 is 4.52 Å². The first-order chi connectivity index (χ1) is 8.81. The third kappa shape index (κ3) is 1.56. The zero-order chi connectivity index (χ0) is 12.1. The van der Waals surface area contributed by atoms with Gasteiger partial charge in [-0.15, -0.1) is 0 Å². The molecule has 1 saturated carbocycles. The summed E-state index contributed by atoms with van der Waals surface area (Å²) in [5, 5.41) is 7.49. The second-order valence-electron chi connectivity index (χ2n) is 5.28. The van der Waals surface area contributed by atoms with Crippen molar-refractivity contribution in [3.63, 3.8) is 0 Å². The zero-order valence-corrected chi connectivity index (χ0v) is 10.2. The first kappa shape index (κ1) is 10.3. The maximum Gasteiger partial charge on any atom is 0.244 e. The van der Waals surface area contributed by atoms with E-state index in [2.05, 4.69) is 32.3 Å². The molecule has 2 aromatic heterocycles. The highest BCUT2D eigenvalue weighted by molar-refractivity contribution is 5.18. The van der Waals surface area contributed by atoms with Crippen LogP contribution in [0.15, 0.2) is 10.9 Å². The molecule has 0 saturated heterocycles. The minimum Gasteiger partial charge on any atom is -0.347 e. The fourth-order valence-electron chi connectivity index (χ4n) is 2.56. The summed E-state index contributed by atoms with van der Waals surface area (Å²) in [6, 6.07) is 0.0936. The summed E-state index contributed by atoms with van der Waals surface area (Å²) in [6.45, 7) is 2.99. The van der Waals surface area contributed by atoms with Gasteiger partial charge in [-0.2, -0.15) is 4.98 Å². The van der Waals surface area contributed by atoms with Crippen molar-refractivity contribution in [2.75, 3.05) is 0 Å². The Kier molecular flexibility index (Phi) is 2.08. The zero-order valence-electron chi connectivity index (χ0n) is 10.2. The fourth-order valence-corrected chi connectivity index (χ4v) is 2.56. The predicted molar refractivity (Wildman–Crippen MR) is 62.7 cm³/mol. The molecule has 2 aliphatic rings. The molecule has 3 atom stereocenters. The number of fused-ring (bicyclic) bond motifs is 1. The fraction of sp³-hybridized carbons (Fsp3) is 0.583. The molecule has 6 heteroatoms. The van der Waals surface area contributed by atoms with Gasteiger partial charge in [-0.25, -0.2) is 4.98 Å².